The van der Waals surface area contributed by atoms with Crippen molar-refractivity contribution in [2.24, 2.45) is 0 Å². The third-order valence-corrected chi connectivity index (χ3v) is 5.64. The molecule has 0 saturated heterocycles. The van der Waals surface area contributed by atoms with E-state index in [9.17, 15) is 30.8 Å². The highest BCUT2D eigenvalue weighted by Gasteiger charge is 2.32. The van der Waals surface area contributed by atoms with Crippen LogP contribution in [0.15, 0.2) is 53.7 Å². The first-order valence-electron chi connectivity index (χ1n) is 8.55. The third kappa shape index (κ3) is 5.05. The topological polar surface area (TPSA) is 81.1 Å². The highest BCUT2D eigenvalue weighted by Crippen LogP contribution is 2.32. The zero-order valence-corrected chi connectivity index (χ0v) is 17.3. The number of rotatable bonds is 5. The molecule has 0 aliphatic rings. The van der Waals surface area contributed by atoms with Crippen molar-refractivity contribution in [3.63, 3.8) is 0 Å². The second-order valence-corrected chi connectivity index (χ2v) is 8.92. The molecule has 12 heteroatoms. The van der Waals surface area contributed by atoms with Crippen LogP contribution in [0.4, 0.5) is 17.6 Å². The number of nitrogens with zero attached hydrogens (tertiary/aromatic N) is 2. The number of alkyl halides is 3. The molecule has 3 aromatic rings. The van der Waals surface area contributed by atoms with Gasteiger partial charge in [-0.2, -0.15) is 13.2 Å². The van der Waals surface area contributed by atoms with Crippen LogP contribution in [0.1, 0.15) is 21.6 Å². The van der Waals surface area contributed by atoms with Crippen molar-refractivity contribution >= 4 is 27.3 Å². The number of hydrogen-bond acceptors (Lipinski definition) is 4. The predicted molar refractivity (Wildman–Crippen MR) is 104 cm³/mol. The number of sulfone groups is 1. The molecule has 31 heavy (non-hydrogen) atoms. The maximum Gasteiger partial charge on any atom is 0.417 e. The van der Waals surface area contributed by atoms with Gasteiger partial charge in [0.25, 0.3) is 5.91 Å². The Kier molecular flexibility index (Phi) is 6.10. The van der Waals surface area contributed by atoms with Crippen molar-refractivity contribution in [1.82, 2.24) is 14.9 Å². The number of carbonyl (C=O) groups is 1. The molecule has 0 radical (unpaired) electrons. The molecule has 1 aromatic carbocycles. The summed E-state index contributed by atoms with van der Waals surface area (Å²) in [6.07, 6.45) is -1.69. The smallest absolute Gasteiger partial charge is 0.347 e. The Morgan fingerprint density at radius 1 is 1.23 bits per heavy atom. The van der Waals surface area contributed by atoms with Gasteiger partial charge in [0.2, 0.25) is 0 Å². The number of hydrogen-bond donors (Lipinski definition) is 1. The van der Waals surface area contributed by atoms with Gasteiger partial charge in [-0.3, -0.25) is 9.36 Å². The number of aromatic nitrogens is 2. The molecule has 2 heterocycles. The Balaban J connectivity index is 1.81. The number of pyridine rings is 1. The summed E-state index contributed by atoms with van der Waals surface area (Å²) in [6, 6.07) is 6.85. The summed E-state index contributed by atoms with van der Waals surface area (Å²) in [6.45, 7) is -0.256. The van der Waals surface area contributed by atoms with Crippen molar-refractivity contribution in [3.8, 4) is 5.82 Å². The van der Waals surface area contributed by atoms with E-state index in [0.29, 0.717) is 12.3 Å². The quantitative estimate of drug-likeness (QED) is 0.565. The summed E-state index contributed by atoms with van der Waals surface area (Å²) >= 11 is 5.94. The van der Waals surface area contributed by atoms with Crippen LogP contribution in [0.25, 0.3) is 5.82 Å². The molecule has 0 atom stereocenters. The minimum atomic E-state index is -4.62. The zero-order valence-electron chi connectivity index (χ0n) is 15.7. The molecular formula is C19H14ClF4N3O3S. The number of halogens is 5. The van der Waals surface area contributed by atoms with Gasteiger partial charge < -0.3 is 5.32 Å². The molecule has 0 aliphatic carbocycles. The van der Waals surface area contributed by atoms with Gasteiger partial charge in [0, 0.05) is 30.8 Å². The van der Waals surface area contributed by atoms with Crippen molar-refractivity contribution in [2.45, 2.75) is 17.6 Å². The van der Waals surface area contributed by atoms with Crippen LogP contribution in [-0.2, 0) is 22.6 Å². The van der Waals surface area contributed by atoms with Gasteiger partial charge in [-0.05, 0) is 30.3 Å². The number of benzene rings is 1. The molecule has 0 saturated carbocycles. The molecule has 164 valence electrons. The van der Waals surface area contributed by atoms with Crippen LogP contribution in [0, 0.1) is 5.82 Å². The van der Waals surface area contributed by atoms with Crippen LogP contribution < -0.4 is 5.32 Å². The second-order valence-electron chi connectivity index (χ2n) is 6.50. The number of amides is 1. The standard InChI is InChI=1S/C19H14ClF4N3O3S/c1-31(29,30)13-5-4-11(15(21)8-13)9-26-18(28)16-3-2-6-27(16)17-14(20)7-12(10-25-17)19(22,23)24/h2-8,10H,9H2,1H3,(H,26,28). The van der Waals surface area contributed by atoms with Crippen molar-refractivity contribution < 1.29 is 30.8 Å². The Labute approximate surface area is 179 Å². The van der Waals surface area contributed by atoms with Crippen LogP contribution in [0.3, 0.4) is 0 Å². The minimum absolute atomic E-state index is 0.00215. The summed E-state index contributed by atoms with van der Waals surface area (Å²) in [4.78, 5) is 16.1. The summed E-state index contributed by atoms with van der Waals surface area (Å²) in [5.41, 5.74) is -0.987. The Morgan fingerprint density at radius 2 is 1.94 bits per heavy atom. The molecular weight excluding hydrogens is 462 g/mol. The van der Waals surface area contributed by atoms with Gasteiger partial charge in [-0.15, -0.1) is 0 Å². The summed E-state index contributed by atoms with van der Waals surface area (Å²) < 4.78 is 76.7. The van der Waals surface area contributed by atoms with E-state index in [4.69, 9.17) is 11.6 Å². The normalized spacial score (nSPS) is 12.1. The van der Waals surface area contributed by atoms with Crippen LogP contribution in [0.5, 0.6) is 0 Å². The molecule has 1 amide bonds. The van der Waals surface area contributed by atoms with Crippen molar-refractivity contribution in [1.29, 1.82) is 0 Å². The van der Waals surface area contributed by atoms with Crippen molar-refractivity contribution in [2.75, 3.05) is 6.26 Å². The van der Waals surface area contributed by atoms with E-state index in [2.05, 4.69) is 10.3 Å². The summed E-state index contributed by atoms with van der Waals surface area (Å²) in [5, 5.41) is 2.15. The fraction of sp³-hybridized carbons (Fsp3) is 0.158. The van der Waals surface area contributed by atoms with E-state index in [1.54, 1.807) is 0 Å². The van der Waals surface area contributed by atoms with Gasteiger partial charge in [0.1, 0.15) is 11.5 Å². The molecule has 0 spiro atoms. The van der Waals surface area contributed by atoms with Gasteiger partial charge in [-0.25, -0.2) is 17.8 Å². The molecule has 2 aromatic heterocycles. The van der Waals surface area contributed by atoms with Crippen LogP contribution in [-0.4, -0.2) is 30.1 Å². The molecule has 6 nitrogen and oxygen atoms in total. The van der Waals surface area contributed by atoms with E-state index in [1.807, 2.05) is 0 Å². The highest BCUT2D eigenvalue weighted by molar-refractivity contribution is 7.90. The Hall–Kier alpha value is -2.92. The lowest BCUT2D eigenvalue weighted by Gasteiger charge is -2.13. The molecule has 3 rings (SSSR count). The largest absolute Gasteiger partial charge is 0.417 e. The highest BCUT2D eigenvalue weighted by atomic mass is 35.5. The SMILES string of the molecule is CS(=O)(=O)c1ccc(CNC(=O)c2cccn2-c2ncc(C(F)(F)F)cc2Cl)c(F)c1. The first-order chi connectivity index (χ1) is 14.4. The second kappa shape index (κ2) is 8.31. The van der Waals surface area contributed by atoms with Gasteiger partial charge >= 0.3 is 6.18 Å². The summed E-state index contributed by atoms with van der Waals surface area (Å²) in [5.74, 6) is -1.58. The zero-order chi connectivity index (χ0) is 23.0. The fourth-order valence-electron chi connectivity index (χ4n) is 2.68. The van der Waals surface area contributed by atoms with Gasteiger partial charge in [0.15, 0.2) is 15.7 Å². The predicted octanol–water partition coefficient (Wildman–Crippen LogP) is 4.02. The maximum atomic E-state index is 14.2. The lowest BCUT2D eigenvalue weighted by atomic mass is 10.2. The van der Waals surface area contributed by atoms with Gasteiger partial charge in [0.05, 0.1) is 15.5 Å². The lowest BCUT2D eigenvalue weighted by molar-refractivity contribution is -0.137. The van der Waals surface area contributed by atoms with Crippen LogP contribution >= 0.6 is 11.6 Å². The lowest BCUT2D eigenvalue weighted by Crippen LogP contribution is -2.25. The Bertz CT molecular complexity index is 1260. The Morgan fingerprint density at radius 3 is 2.52 bits per heavy atom. The van der Waals surface area contributed by atoms with E-state index in [1.165, 1.54) is 35.0 Å². The maximum absolute atomic E-state index is 14.2. The third-order valence-electron chi connectivity index (χ3n) is 4.25. The van der Waals surface area contributed by atoms with E-state index < -0.39 is 33.3 Å². The van der Waals surface area contributed by atoms with E-state index in [0.717, 1.165) is 12.3 Å². The molecule has 0 fully saturated rings. The molecule has 1 N–H and O–H groups in total. The number of nitrogens with one attached hydrogen (secondary N) is 1. The first-order valence-corrected chi connectivity index (χ1v) is 10.8. The van der Waals surface area contributed by atoms with Gasteiger partial charge in [-0.1, -0.05) is 17.7 Å². The summed E-state index contributed by atoms with van der Waals surface area (Å²) in [7, 11) is -3.58. The molecule has 0 unspecified atom stereocenters. The average Bonchev–Trinajstić information content (AvgIpc) is 3.14. The van der Waals surface area contributed by atoms with E-state index >= 15 is 0 Å². The number of carbonyl (C=O) groups excluding carboxylic acids is 1. The first kappa shape index (κ1) is 22.8. The molecule has 0 bridgehead atoms. The van der Waals surface area contributed by atoms with Crippen molar-refractivity contribution in [3.05, 3.63) is 76.5 Å². The monoisotopic (exact) mass is 475 g/mol. The molecule has 0 aliphatic heterocycles. The fourth-order valence-corrected chi connectivity index (χ4v) is 3.57. The van der Waals surface area contributed by atoms with Crippen LogP contribution in [0.2, 0.25) is 5.02 Å². The van der Waals surface area contributed by atoms with E-state index in [-0.39, 0.29) is 33.5 Å². The minimum Gasteiger partial charge on any atom is -0.347 e. The average molecular weight is 476 g/mol.